The van der Waals surface area contributed by atoms with Gasteiger partial charge in [0, 0.05) is 17.0 Å². The van der Waals surface area contributed by atoms with E-state index in [4.69, 9.17) is 8.61 Å². The van der Waals surface area contributed by atoms with Crippen molar-refractivity contribution < 1.29 is 8.61 Å². The van der Waals surface area contributed by atoms with Gasteiger partial charge >= 0.3 is 6.01 Å². The van der Waals surface area contributed by atoms with E-state index in [0.717, 1.165) is 5.56 Å². The van der Waals surface area contributed by atoms with E-state index in [0.29, 0.717) is 17.1 Å². The summed E-state index contributed by atoms with van der Waals surface area (Å²) < 4.78 is 11.3. The number of rotatable bonds is 5. The van der Waals surface area contributed by atoms with Crippen molar-refractivity contribution in [3.63, 3.8) is 0 Å². The fourth-order valence-electron chi connectivity index (χ4n) is 0.960. The molecule has 0 amide bonds. The van der Waals surface area contributed by atoms with Crippen LogP contribution in [-0.4, -0.2) is 23.5 Å². The number of aromatic nitrogens is 2. The molecule has 0 bridgehead atoms. The van der Waals surface area contributed by atoms with Gasteiger partial charge in [0.15, 0.2) is 0 Å². The fourth-order valence-corrected chi connectivity index (χ4v) is 2.06. The Hall–Kier alpha value is -0.753. The van der Waals surface area contributed by atoms with Gasteiger partial charge in [-0.3, -0.25) is 0 Å². The highest BCUT2D eigenvalue weighted by molar-refractivity contribution is 7.95. The summed E-state index contributed by atoms with van der Waals surface area (Å²) in [6, 6.07) is 0.411. The quantitative estimate of drug-likeness (QED) is 0.607. The molecule has 0 aliphatic heterocycles. The van der Waals surface area contributed by atoms with Gasteiger partial charge in [0.2, 0.25) is 14.2 Å². The highest BCUT2D eigenvalue weighted by Crippen LogP contribution is 2.23. The summed E-state index contributed by atoms with van der Waals surface area (Å²) in [5, 5.41) is 0.394. The van der Waals surface area contributed by atoms with Crippen LogP contribution in [0.25, 0.3) is 0 Å². The molecule has 96 valence electrons. The molecule has 0 N–H and O–H groups in total. The van der Waals surface area contributed by atoms with Gasteiger partial charge in [0.1, 0.15) is 0 Å². The van der Waals surface area contributed by atoms with Crippen LogP contribution in [0.4, 0.5) is 0 Å². The smallest absolute Gasteiger partial charge is 0.305 e. The molecule has 0 atom stereocenters. The third kappa shape index (κ3) is 5.41. The van der Waals surface area contributed by atoms with Crippen molar-refractivity contribution in [1.82, 2.24) is 9.97 Å². The van der Waals surface area contributed by atoms with Gasteiger partial charge in [-0.25, -0.2) is 4.98 Å². The second kappa shape index (κ2) is 5.73. The largest absolute Gasteiger partial charge is 0.518 e. The molecule has 0 spiro atoms. The van der Waals surface area contributed by atoms with E-state index >= 15 is 0 Å². The first kappa shape index (κ1) is 14.3. The number of hydrogen-bond donors (Lipinski definition) is 0. The second-order valence-corrected chi connectivity index (χ2v) is 10.8. The van der Waals surface area contributed by atoms with Crippen LogP contribution in [0.3, 0.4) is 0 Å². The van der Waals surface area contributed by atoms with Gasteiger partial charge in [-0.05, 0) is 26.6 Å². The van der Waals surface area contributed by atoms with Crippen molar-refractivity contribution in [2.45, 2.75) is 45.7 Å². The van der Waals surface area contributed by atoms with Crippen LogP contribution in [0.2, 0.25) is 19.6 Å². The summed E-state index contributed by atoms with van der Waals surface area (Å²) >= 11 is 1.39. The minimum Gasteiger partial charge on any atom is -0.518 e. The van der Waals surface area contributed by atoms with Gasteiger partial charge in [-0.2, -0.15) is 4.98 Å². The lowest BCUT2D eigenvalue weighted by atomic mass is 10.4. The summed E-state index contributed by atoms with van der Waals surface area (Å²) in [5.74, 6) is 0.590. The molecule has 0 radical (unpaired) electrons. The summed E-state index contributed by atoms with van der Waals surface area (Å²) in [5.41, 5.74) is 0.918. The van der Waals surface area contributed by atoms with Crippen molar-refractivity contribution in [2.24, 2.45) is 0 Å². The van der Waals surface area contributed by atoms with Crippen molar-refractivity contribution >= 4 is 20.4 Å². The molecule has 0 fully saturated rings. The first-order valence-corrected chi connectivity index (χ1v) is 9.85. The van der Waals surface area contributed by atoms with Gasteiger partial charge in [0.25, 0.3) is 0 Å². The average molecular weight is 272 g/mol. The normalized spacial score (nSPS) is 11.7. The van der Waals surface area contributed by atoms with Gasteiger partial charge in [-0.15, -0.1) is 0 Å². The monoisotopic (exact) mass is 272 g/mol. The van der Waals surface area contributed by atoms with E-state index in [-0.39, 0.29) is 0 Å². The lowest BCUT2D eigenvalue weighted by Gasteiger charge is -2.17. The van der Waals surface area contributed by atoms with Gasteiger partial charge in [0.05, 0.1) is 12.0 Å². The SMILES string of the molecule is Cc1cnc(O[Si](C)(C)C)nc1OSC(C)C. The predicted octanol–water partition coefficient (Wildman–Crippen LogP) is 3.43. The third-order valence-electron chi connectivity index (χ3n) is 1.62. The highest BCUT2D eigenvalue weighted by Gasteiger charge is 2.19. The summed E-state index contributed by atoms with van der Waals surface area (Å²) in [6.45, 7) is 12.4. The molecule has 1 heterocycles. The zero-order valence-electron chi connectivity index (χ0n) is 11.3. The standard InChI is InChI=1S/C11H20N2O2SSi/c1-8(2)16-14-10-9(3)7-12-11(13-10)15-17(4,5)6/h7-8H,1-6H3. The molecule has 0 aromatic carbocycles. The second-order valence-electron chi connectivity index (χ2n) is 5.08. The highest BCUT2D eigenvalue weighted by atomic mass is 32.2. The Morgan fingerprint density at radius 3 is 2.47 bits per heavy atom. The maximum Gasteiger partial charge on any atom is 0.305 e. The Balaban J connectivity index is 2.79. The van der Waals surface area contributed by atoms with Gasteiger partial charge < -0.3 is 8.61 Å². The molecule has 0 saturated heterocycles. The summed E-state index contributed by atoms with van der Waals surface area (Å²) in [4.78, 5) is 8.45. The van der Waals surface area contributed by atoms with Crippen molar-refractivity contribution in [2.75, 3.05) is 0 Å². The zero-order chi connectivity index (χ0) is 13.1. The first-order chi connectivity index (χ1) is 7.78. The van der Waals surface area contributed by atoms with E-state index in [1.54, 1.807) is 6.20 Å². The number of nitrogens with zero attached hydrogens (tertiary/aromatic N) is 2. The maximum absolute atomic E-state index is 5.73. The topological polar surface area (TPSA) is 44.2 Å². The van der Waals surface area contributed by atoms with Crippen LogP contribution in [0, 0.1) is 6.92 Å². The Kier molecular flexibility index (Phi) is 4.82. The van der Waals surface area contributed by atoms with Gasteiger partial charge in [-0.1, -0.05) is 13.8 Å². The van der Waals surface area contributed by atoms with E-state index in [1.807, 2.05) is 6.92 Å². The molecular formula is C11H20N2O2SSi. The third-order valence-corrected chi connectivity index (χ3v) is 3.05. The molecule has 0 aliphatic rings. The molecule has 0 aliphatic carbocycles. The van der Waals surface area contributed by atoms with E-state index in [9.17, 15) is 0 Å². The lowest BCUT2D eigenvalue weighted by molar-refractivity contribution is 0.490. The maximum atomic E-state index is 5.73. The Bertz CT molecular complexity index is 380. The predicted molar refractivity (Wildman–Crippen MR) is 74.1 cm³/mol. The molecule has 1 aromatic heterocycles. The van der Waals surface area contributed by atoms with Crippen molar-refractivity contribution in [3.05, 3.63) is 11.8 Å². The fraction of sp³-hybridized carbons (Fsp3) is 0.636. The molecule has 17 heavy (non-hydrogen) atoms. The molecular weight excluding hydrogens is 252 g/mol. The molecule has 6 heteroatoms. The lowest BCUT2D eigenvalue weighted by Crippen LogP contribution is -2.30. The number of hydrogen-bond acceptors (Lipinski definition) is 5. The Morgan fingerprint density at radius 2 is 1.94 bits per heavy atom. The Morgan fingerprint density at radius 1 is 1.29 bits per heavy atom. The van der Waals surface area contributed by atoms with E-state index in [1.165, 1.54) is 12.0 Å². The molecule has 0 saturated carbocycles. The van der Waals surface area contributed by atoms with Crippen molar-refractivity contribution in [3.8, 4) is 11.9 Å². The van der Waals surface area contributed by atoms with Crippen LogP contribution in [0.15, 0.2) is 6.20 Å². The summed E-state index contributed by atoms with van der Waals surface area (Å²) in [7, 11) is -1.67. The minimum absolute atomic E-state index is 0.394. The number of aryl methyl sites for hydroxylation is 1. The molecule has 0 unspecified atom stereocenters. The van der Waals surface area contributed by atoms with E-state index < -0.39 is 8.32 Å². The van der Waals surface area contributed by atoms with Crippen LogP contribution in [-0.2, 0) is 0 Å². The van der Waals surface area contributed by atoms with Crippen LogP contribution < -0.4 is 8.61 Å². The minimum atomic E-state index is -1.67. The van der Waals surface area contributed by atoms with Crippen LogP contribution in [0.5, 0.6) is 11.9 Å². The molecule has 4 nitrogen and oxygen atoms in total. The van der Waals surface area contributed by atoms with Crippen LogP contribution >= 0.6 is 12.0 Å². The van der Waals surface area contributed by atoms with E-state index in [2.05, 4.69) is 43.5 Å². The Labute approximate surface area is 108 Å². The summed E-state index contributed by atoms with van der Waals surface area (Å²) in [6.07, 6.45) is 1.73. The van der Waals surface area contributed by atoms with Crippen molar-refractivity contribution in [1.29, 1.82) is 0 Å². The molecule has 1 rings (SSSR count). The van der Waals surface area contributed by atoms with Crippen LogP contribution in [0.1, 0.15) is 19.4 Å². The first-order valence-electron chi connectivity index (χ1n) is 5.64. The zero-order valence-corrected chi connectivity index (χ0v) is 13.1. The average Bonchev–Trinajstić information content (AvgIpc) is 2.16. The molecule has 1 aromatic rings.